The SMILES string of the molecule is COc1cc(/C=C2\N=C(c3ccccc3Cl)OC2=O)ccc1OC(=O)c1ccc(Br)cc1. The lowest BCUT2D eigenvalue weighted by Gasteiger charge is -2.10. The Morgan fingerprint density at radius 2 is 1.81 bits per heavy atom. The van der Waals surface area contributed by atoms with Gasteiger partial charge in [0.2, 0.25) is 5.90 Å². The van der Waals surface area contributed by atoms with Crippen LogP contribution >= 0.6 is 27.5 Å². The van der Waals surface area contributed by atoms with Gasteiger partial charge in [0.1, 0.15) is 0 Å². The summed E-state index contributed by atoms with van der Waals surface area (Å²) in [7, 11) is 1.46. The molecule has 0 aliphatic carbocycles. The lowest BCUT2D eigenvalue weighted by molar-refractivity contribution is -0.129. The summed E-state index contributed by atoms with van der Waals surface area (Å²) in [6.07, 6.45) is 1.55. The maximum atomic E-state index is 12.4. The maximum absolute atomic E-state index is 12.4. The Kier molecular flexibility index (Phi) is 6.39. The van der Waals surface area contributed by atoms with E-state index < -0.39 is 11.9 Å². The van der Waals surface area contributed by atoms with E-state index in [1.807, 2.05) is 0 Å². The number of hydrogen-bond acceptors (Lipinski definition) is 6. The van der Waals surface area contributed by atoms with E-state index in [1.165, 1.54) is 7.11 Å². The summed E-state index contributed by atoms with van der Waals surface area (Å²) in [5.74, 6) is -0.401. The van der Waals surface area contributed by atoms with E-state index >= 15 is 0 Å². The Bertz CT molecular complexity index is 1270. The molecule has 0 saturated carbocycles. The quantitative estimate of drug-likeness (QED) is 0.250. The van der Waals surface area contributed by atoms with Gasteiger partial charge in [-0.3, -0.25) is 0 Å². The second kappa shape index (κ2) is 9.38. The molecule has 0 atom stereocenters. The molecule has 0 N–H and O–H groups in total. The largest absolute Gasteiger partial charge is 0.493 e. The Hall–Kier alpha value is -3.42. The van der Waals surface area contributed by atoms with Crippen molar-refractivity contribution in [2.24, 2.45) is 4.99 Å². The summed E-state index contributed by atoms with van der Waals surface area (Å²) in [5.41, 5.74) is 1.65. The highest BCUT2D eigenvalue weighted by Gasteiger charge is 2.25. The molecule has 3 aromatic rings. The standard InChI is InChI=1S/C24H15BrClNO5/c1-30-21-13-14(6-11-20(21)31-23(28)15-7-9-16(25)10-8-15)12-19-24(29)32-22(27-19)17-4-2-3-5-18(17)26/h2-13H,1H3/b19-12-. The number of ether oxygens (including phenoxy) is 3. The van der Waals surface area contributed by atoms with Gasteiger partial charge in [-0.25, -0.2) is 14.6 Å². The molecule has 8 heteroatoms. The first kappa shape index (κ1) is 21.8. The number of nitrogens with zero attached hydrogens (tertiary/aromatic N) is 1. The van der Waals surface area contributed by atoms with Gasteiger partial charge in [0.25, 0.3) is 0 Å². The fourth-order valence-electron chi connectivity index (χ4n) is 2.92. The van der Waals surface area contributed by atoms with Crippen molar-refractivity contribution in [2.75, 3.05) is 7.11 Å². The minimum atomic E-state index is -0.593. The van der Waals surface area contributed by atoms with Crippen molar-refractivity contribution in [1.29, 1.82) is 0 Å². The molecule has 32 heavy (non-hydrogen) atoms. The first-order chi connectivity index (χ1) is 15.4. The number of carbonyl (C=O) groups excluding carboxylic acids is 2. The van der Waals surface area contributed by atoms with Crippen molar-refractivity contribution in [1.82, 2.24) is 0 Å². The van der Waals surface area contributed by atoms with E-state index in [0.29, 0.717) is 27.5 Å². The lowest BCUT2D eigenvalue weighted by Crippen LogP contribution is -2.09. The zero-order valence-corrected chi connectivity index (χ0v) is 19.0. The molecule has 0 spiro atoms. The topological polar surface area (TPSA) is 74.2 Å². The van der Waals surface area contributed by atoms with E-state index in [2.05, 4.69) is 20.9 Å². The van der Waals surface area contributed by atoms with Crippen LogP contribution in [-0.4, -0.2) is 24.9 Å². The van der Waals surface area contributed by atoms with Gasteiger partial charge in [0.05, 0.1) is 23.3 Å². The van der Waals surface area contributed by atoms with Crippen LogP contribution < -0.4 is 9.47 Å². The number of rotatable bonds is 5. The zero-order valence-electron chi connectivity index (χ0n) is 16.7. The van der Waals surface area contributed by atoms with E-state index in [9.17, 15) is 9.59 Å². The highest BCUT2D eigenvalue weighted by atomic mass is 79.9. The van der Waals surface area contributed by atoms with Gasteiger partial charge in [-0.2, -0.15) is 0 Å². The van der Waals surface area contributed by atoms with Crippen LogP contribution in [0.2, 0.25) is 5.02 Å². The molecule has 0 saturated heterocycles. The number of benzene rings is 3. The van der Waals surface area contributed by atoms with Gasteiger partial charge < -0.3 is 14.2 Å². The van der Waals surface area contributed by atoms with Crippen molar-refractivity contribution in [3.05, 3.63) is 98.6 Å². The van der Waals surface area contributed by atoms with Gasteiger partial charge in [0.15, 0.2) is 17.2 Å². The summed E-state index contributed by atoms with van der Waals surface area (Å²) >= 11 is 9.48. The predicted molar refractivity (Wildman–Crippen MR) is 124 cm³/mol. The third-order valence-corrected chi connectivity index (χ3v) is 5.36. The summed E-state index contributed by atoms with van der Waals surface area (Å²) < 4.78 is 16.9. The average Bonchev–Trinajstić information content (AvgIpc) is 3.15. The normalized spacial score (nSPS) is 14.2. The van der Waals surface area contributed by atoms with E-state index in [4.69, 9.17) is 25.8 Å². The summed E-state index contributed by atoms with van der Waals surface area (Å²) in [6.45, 7) is 0. The Balaban J connectivity index is 1.58. The summed E-state index contributed by atoms with van der Waals surface area (Å²) in [4.78, 5) is 28.9. The van der Waals surface area contributed by atoms with Crippen molar-refractivity contribution in [3.8, 4) is 11.5 Å². The number of carbonyl (C=O) groups is 2. The van der Waals surface area contributed by atoms with Gasteiger partial charge in [-0.1, -0.05) is 45.7 Å². The summed E-state index contributed by atoms with van der Waals surface area (Å²) in [6, 6.07) is 18.7. The second-order valence-electron chi connectivity index (χ2n) is 6.62. The number of methoxy groups -OCH3 is 1. The first-order valence-electron chi connectivity index (χ1n) is 9.38. The number of aliphatic imine (C=N–C) groups is 1. The second-order valence-corrected chi connectivity index (χ2v) is 7.95. The zero-order chi connectivity index (χ0) is 22.7. The predicted octanol–water partition coefficient (Wildman–Crippen LogP) is 5.67. The van der Waals surface area contributed by atoms with Crippen molar-refractivity contribution < 1.29 is 23.8 Å². The van der Waals surface area contributed by atoms with Gasteiger partial charge >= 0.3 is 11.9 Å². The van der Waals surface area contributed by atoms with E-state index in [-0.39, 0.29) is 17.3 Å². The van der Waals surface area contributed by atoms with Crippen molar-refractivity contribution in [3.63, 3.8) is 0 Å². The molecule has 1 aliphatic rings. The van der Waals surface area contributed by atoms with Crippen LogP contribution in [0.25, 0.3) is 6.08 Å². The van der Waals surface area contributed by atoms with E-state index in [0.717, 1.165) is 4.47 Å². The molecule has 160 valence electrons. The maximum Gasteiger partial charge on any atom is 0.363 e. The summed E-state index contributed by atoms with van der Waals surface area (Å²) in [5, 5.41) is 0.430. The van der Waals surface area contributed by atoms with Crippen LogP contribution in [0.3, 0.4) is 0 Å². The Labute approximate surface area is 197 Å². The first-order valence-corrected chi connectivity index (χ1v) is 10.5. The molecule has 1 aliphatic heterocycles. The lowest BCUT2D eigenvalue weighted by atomic mass is 10.1. The molecular weight excluding hydrogens is 498 g/mol. The molecule has 0 amide bonds. The van der Waals surface area contributed by atoms with Gasteiger partial charge in [-0.15, -0.1) is 0 Å². The van der Waals surface area contributed by atoms with Crippen molar-refractivity contribution >= 4 is 51.4 Å². The molecule has 3 aromatic carbocycles. The third kappa shape index (κ3) is 4.74. The van der Waals surface area contributed by atoms with E-state index in [1.54, 1.807) is 72.8 Å². The average molecular weight is 513 g/mol. The molecule has 4 rings (SSSR count). The number of cyclic esters (lactones) is 1. The third-order valence-electron chi connectivity index (χ3n) is 4.50. The number of hydrogen-bond donors (Lipinski definition) is 0. The van der Waals surface area contributed by atoms with Crippen molar-refractivity contribution in [2.45, 2.75) is 0 Å². The smallest absolute Gasteiger partial charge is 0.363 e. The molecule has 0 fully saturated rings. The Morgan fingerprint density at radius 3 is 2.53 bits per heavy atom. The molecule has 1 heterocycles. The molecule has 0 aromatic heterocycles. The number of esters is 2. The van der Waals surface area contributed by atoms with Crippen LogP contribution in [-0.2, 0) is 9.53 Å². The Morgan fingerprint density at radius 1 is 1.06 bits per heavy atom. The monoisotopic (exact) mass is 511 g/mol. The van der Waals surface area contributed by atoms with Crippen LogP contribution in [0, 0.1) is 0 Å². The molecule has 6 nitrogen and oxygen atoms in total. The van der Waals surface area contributed by atoms with Crippen LogP contribution in [0.1, 0.15) is 21.5 Å². The molecular formula is C24H15BrClNO5. The highest BCUT2D eigenvalue weighted by Crippen LogP contribution is 2.31. The minimum Gasteiger partial charge on any atom is -0.493 e. The minimum absolute atomic E-state index is 0.113. The van der Waals surface area contributed by atoms with Gasteiger partial charge in [0, 0.05) is 4.47 Å². The molecule has 0 unspecified atom stereocenters. The number of halogens is 2. The molecule has 0 radical (unpaired) electrons. The highest BCUT2D eigenvalue weighted by molar-refractivity contribution is 9.10. The fraction of sp³-hybridized carbons (Fsp3) is 0.0417. The van der Waals surface area contributed by atoms with Crippen LogP contribution in [0.5, 0.6) is 11.5 Å². The fourth-order valence-corrected chi connectivity index (χ4v) is 3.40. The van der Waals surface area contributed by atoms with Gasteiger partial charge in [-0.05, 0) is 60.2 Å². The van der Waals surface area contributed by atoms with Crippen LogP contribution in [0.15, 0.2) is 81.9 Å². The molecule has 0 bridgehead atoms. The van der Waals surface area contributed by atoms with Crippen LogP contribution in [0.4, 0.5) is 0 Å².